The Bertz CT molecular complexity index is 575. The number of rotatable bonds is 4. The molecule has 0 atom stereocenters. The molecule has 1 N–H and O–H groups in total. The van der Waals surface area contributed by atoms with Gasteiger partial charge in [0.25, 0.3) is 5.91 Å². The summed E-state index contributed by atoms with van der Waals surface area (Å²) in [6.07, 6.45) is 1.58. The molecule has 0 aliphatic heterocycles. The molecule has 0 unspecified atom stereocenters. The van der Waals surface area contributed by atoms with Crippen LogP contribution in [0, 0.1) is 6.92 Å². The van der Waals surface area contributed by atoms with Gasteiger partial charge in [0, 0.05) is 25.2 Å². The number of nitrogens with one attached hydrogen (secondary N) is 1. The molecular weight excluding hydrogens is 262 g/mol. The number of amides is 1. The molecule has 5 heteroatoms. The molecule has 0 radical (unpaired) electrons. The maximum Gasteiger partial charge on any atom is 0.255 e. The second-order valence-corrected chi connectivity index (χ2v) is 4.67. The molecule has 4 nitrogen and oxygen atoms in total. The summed E-state index contributed by atoms with van der Waals surface area (Å²) in [4.78, 5) is 12.0. The standard InChI is InChI=1S/C14H16ClN3O/c1-10-13(9-17-18(10)2)14(19)16-8-12-5-3-11(7-15)4-6-12/h3-6,9H,7-8H2,1-2H3,(H,16,19). The van der Waals surface area contributed by atoms with Crippen molar-refractivity contribution in [2.75, 3.05) is 0 Å². The Labute approximate surface area is 117 Å². The summed E-state index contributed by atoms with van der Waals surface area (Å²) in [5.74, 6) is 0.397. The molecule has 0 fully saturated rings. The molecule has 100 valence electrons. The highest BCUT2D eigenvalue weighted by Crippen LogP contribution is 2.08. The average molecular weight is 278 g/mol. The first-order valence-electron chi connectivity index (χ1n) is 6.02. The monoisotopic (exact) mass is 277 g/mol. The van der Waals surface area contributed by atoms with Crippen molar-refractivity contribution in [3.63, 3.8) is 0 Å². The van der Waals surface area contributed by atoms with Crippen molar-refractivity contribution in [2.45, 2.75) is 19.3 Å². The lowest BCUT2D eigenvalue weighted by Crippen LogP contribution is -2.23. The van der Waals surface area contributed by atoms with E-state index in [1.165, 1.54) is 0 Å². The number of carbonyl (C=O) groups is 1. The van der Waals surface area contributed by atoms with Crippen LogP contribution in [0.25, 0.3) is 0 Å². The summed E-state index contributed by atoms with van der Waals surface area (Å²) < 4.78 is 1.68. The highest BCUT2D eigenvalue weighted by atomic mass is 35.5. The van der Waals surface area contributed by atoms with E-state index in [1.807, 2.05) is 38.2 Å². The topological polar surface area (TPSA) is 46.9 Å². The van der Waals surface area contributed by atoms with E-state index in [0.29, 0.717) is 18.0 Å². The lowest BCUT2D eigenvalue weighted by atomic mass is 10.1. The van der Waals surface area contributed by atoms with Crippen molar-refractivity contribution in [3.05, 3.63) is 52.8 Å². The van der Waals surface area contributed by atoms with Crippen molar-refractivity contribution in [3.8, 4) is 0 Å². The lowest BCUT2D eigenvalue weighted by Gasteiger charge is -2.05. The molecule has 0 aliphatic carbocycles. The van der Waals surface area contributed by atoms with E-state index in [4.69, 9.17) is 11.6 Å². The summed E-state index contributed by atoms with van der Waals surface area (Å²) in [5.41, 5.74) is 3.58. The van der Waals surface area contributed by atoms with Gasteiger partial charge in [-0.05, 0) is 18.1 Å². The van der Waals surface area contributed by atoms with E-state index in [0.717, 1.165) is 16.8 Å². The van der Waals surface area contributed by atoms with Crippen molar-refractivity contribution >= 4 is 17.5 Å². The first-order chi connectivity index (χ1) is 9.11. The number of halogens is 1. The number of nitrogens with zero attached hydrogens (tertiary/aromatic N) is 2. The number of aromatic nitrogens is 2. The van der Waals surface area contributed by atoms with Gasteiger partial charge in [0.1, 0.15) is 0 Å². The predicted molar refractivity (Wildman–Crippen MR) is 75.1 cm³/mol. The molecule has 19 heavy (non-hydrogen) atoms. The molecule has 1 aromatic carbocycles. The normalized spacial score (nSPS) is 10.5. The Morgan fingerprint density at radius 1 is 1.32 bits per heavy atom. The molecule has 0 aliphatic rings. The van der Waals surface area contributed by atoms with E-state index < -0.39 is 0 Å². The van der Waals surface area contributed by atoms with E-state index >= 15 is 0 Å². The predicted octanol–water partition coefficient (Wildman–Crippen LogP) is 2.40. The number of aryl methyl sites for hydroxylation is 1. The average Bonchev–Trinajstić information content (AvgIpc) is 2.77. The summed E-state index contributed by atoms with van der Waals surface area (Å²) in [5, 5.41) is 6.94. The number of hydrogen-bond donors (Lipinski definition) is 1. The zero-order valence-electron chi connectivity index (χ0n) is 11.0. The first-order valence-corrected chi connectivity index (χ1v) is 6.56. The molecule has 2 aromatic rings. The van der Waals surface area contributed by atoms with Crippen molar-refractivity contribution in [1.29, 1.82) is 0 Å². The molecule has 0 spiro atoms. The Morgan fingerprint density at radius 3 is 2.47 bits per heavy atom. The third-order valence-corrected chi connectivity index (χ3v) is 3.42. The Hall–Kier alpha value is -1.81. The SMILES string of the molecule is Cc1c(C(=O)NCc2ccc(CCl)cc2)cnn1C. The second kappa shape index (κ2) is 5.89. The van der Waals surface area contributed by atoms with Crippen LogP contribution >= 0.6 is 11.6 Å². The van der Waals surface area contributed by atoms with Gasteiger partial charge in [-0.2, -0.15) is 5.10 Å². The van der Waals surface area contributed by atoms with E-state index in [1.54, 1.807) is 10.9 Å². The minimum Gasteiger partial charge on any atom is -0.348 e. The van der Waals surface area contributed by atoms with Crippen LogP contribution in [-0.4, -0.2) is 15.7 Å². The van der Waals surface area contributed by atoms with Crippen LogP contribution in [0.5, 0.6) is 0 Å². The fourth-order valence-corrected chi connectivity index (χ4v) is 1.92. The molecule has 0 bridgehead atoms. The molecule has 0 saturated heterocycles. The summed E-state index contributed by atoms with van der Waals surface area (Å²) in [6, 6.07) is 7.86. The smallest absolute Gasteiger partial charge is 0.255 e. The van der Waals surface area contributed by atoms with Gasteiger partial charge in [-0.3, -0.25) is 9.48 Å². The van der Waals surface area contributed by atoms with Gasteiger partial charge < -0.3 is 5.32 Å². The van der Waals surface area contributed by atoms with Gasteiger partial charge >= 0.3 is 0 Å². The molecule has 0 saturated carbocycles. The minimum absolute atomic E-state index is 0.105. The number of carbonyl (C=O) groups excluding carboxylic acids is 1. The number of alkyl halides is 1. The maximum atomic E-state index is 12.0. The minimum atomic E-state index is -0.105. The van der Waals surface area contributed by atoms with Gasteiger partial charge in [-0.15, -0.1) is 11.6 Å². The van der Waals surface area contributed by atoms with Gasteiger partial charge in [-0.25, -0.2) is 0 Å². The third-order valence-electron chi connectivity index (χ3n) is 3.11. The fourth-order valence-electron chi connectivity index (χ4n) is 1.75. The molecule has 1 amide bonds. The van der Waals surface area contributed by atoms with E-state index in [-0.39, 0.29) is 5.91 Å². The summed E-state index contributed by atoms with van der Waals surface area (Å²) in [6.45, 7) is 2.37. The van der Waals surface area contributed by atoms with Gasteiger partial charge in [0.2, 0.25) is 0 Å². The molecule has 1 heterocycles. The van der Waals surface area contributed by atoms with Crippen LogP contribution in [0.1, 0.15) is 27.2 Å². The van der Waals surface area contributed by atoms with Gasteiger partial charge in [0.15, 0.2) is 0 Å². The van der Waals surface area contributed by atoms with Gasteiger partial charge in [-0.1, -0.05) is 24.3 Å². The Morgan fingerprint density at radius 2 is 1.95 bits per heavy atom. The summed E-state index contributed by atoms with van der Waals surface area (Å²) in [7, 11) is 1.82. The van der Waals surface area contributed by atoms with Crippen molar-refractivity contribution in [1.82, 2.24) is 15.1 Å². The molecular formula is C14H16ClN3O. The largest absolute Gasteiger partial charge is 0.348 e. The van der Waals surface area contributed by atoms with Crippen LogP contribution in [0.3, 0.4) is 0 Å². The zero-order valence-corrected chi connectivity index (χ0v) is 11.7. The highest BCUT2D eigenvalue weighted by Gasteiger charge is 2.11. The summed E-state index contributed by atoms with van der Waals surface area (Å²) >= 11 is 5.73. The molecule has 2 rings (SSSR count). The van der Waals surface area contributed by atoms with Crippen molar-refractivity contribution in [2.24, 2.45) is 7.05 Å². The number of hydrogen-bond acceptors (Lipinski definition) is 2. The quantitative estimate of drug-likeness (QED) is 0.873. The van der Waals surface area contributed by atoms with Gasteiger partial charge in [0.05, 0.1) is 11.8 Å². The maximum absolute atomic E-state index is 12.0. The van der Waals surface area contributed by atoms with Crippen LogP contribution < -0.4 is 5.32 Å². The Balaban J connectivity index is 1.98. The Kier molecular flexibility index (Phi) is 4.22. The fraction of sp³-hybridized carbons (Fsp3) is 0.286. The van der Waals surface area contributed by atoms with Crippen LogP contribution in [-0.2, 0) is 19.5 Å². The number of benzene rings is 1. The molecule has 1 aromatic heterocycles. The van der Waals surface area contributed by atoms with E-state index in [9.17, 15) is 4.79 Å². The zero-order chi connectivity index (χ0) is 13.8. The third kappa shape index (κ3) is 3.15. The van der Waals surface area contributed by atoms with Crippen molar-refractivity contribution < 1.29 is 4.79 Å². The van der Waals surface area contributed by atoms with Crippen LogP contribution in [0.2, 0.25) is 0 Å². The van der Waals surface area contributed by atoms with Crippen LogP contribution in [0.4, 0.5) is 0 Å². The van der Waals surface area contributed by atoms with E-state index in [2.05, 4.69) is 10.4 Å². The second-order valence-electron chi connectivity index (χ2n) is 4.40. The lowest BCUT2D eigenvalue weighted by molar-refractivity contribution is 0.0950. The highest BCUT2D eigenvalue weighted by molar-refractivity contribution is 6.17. The van der Waals surface area contributed by atoms with Crippen LogP contribution in [0.15, 0.2) is 30.5 Å². The first kappa shape index (κ1) is 13.6.